The second-order valence-electron chi connectivity index (χ2n) is 6.12. The minimum Gasteiger partial charge on any atom is -0.311 e. The van der Waals surface area contributed by atoms with Gasteiger partial charge in [0.1, 0.15) is 0 Å². The number of thiophene rings is 1. The summed E-state index contributed by atoms with van der Waals surface area (Å²) < 4.78 is 1.19. The van der Waals surface area contributed by atoms with E-state index < -0.39 is 0 Å². The van der Waals surface area contributed by atoms with Crippen LogP contribution in [0, 0.1) is 0 Å². The van der Waals surface area contributed by atoms with Gasteiger partial charge in [0, 0.05) is 46.4 Å². The highest BCUT2D eigenvalue weighted by Crippen LogP contribution is 2.36. The fourth-order valence-corrected chi connectivity index (χ4v) is 4.26. The molecule has 114 valence electrons. The molecule has 1 heterocycles. The fraction of sp³-hybridized carbons (Fsp3) is 0.733. The lowest BCUT2D eigenvalue weighted by Gasteiger charge is -2.49. The smallest absolute Gasteiger partial charge is 0.0330 e. The van der Waals surface area contributed by atoms with Crippen molar-refractivity contribution in [2.75, 3.05) is 40.8 Å². The minimum absolute atomic E-state index is 0.438. The molecular formula is C15H26BrN3S. The average Bonchev–Trinajstić information content (AvgIpc) is 2.75. The largest absolute Gasteiger partial charge is 0.311 e. The highest BCUT2D eigenvalue weighted by Gasteiger charge is 2.39. The monoisotopic (exact) mass is 359 g/mol. The van der Waals surface area contributed by atoms with Crippen molar-refractivity contribution in [1.29, 1.82) is 0 Å². The maximum absolute atomic E-state index is 3.53. The molecule has 0 radical (unpaired) electrons. The summed E-state index contributed by atoms with van der Waals surface area (Å²) in [6.45, 7) is 4.33. The highest BCUT2D eigenvalue weighted by atomic mass is 79.9. The van der Waals surface area contributed by atoms with Gasteiger partial charge in [0.15, 0.2) is 0 Å². The SMILES string of the molecule is CN(CCNCc1cc(Br)cs1)CC1(N(C)C)CCC1. The Morgan fingerprint density at radius 3 is 2.60 bits per heavy atom. The van der Waals surface area contributed by atoms with E-state index in [1.807, 2.05) is 0 Å². The summed E-state index contributed by atoms with van der Waals surface area (Å²) in [5, 5.41) is 5.67. The summed E-state index contributed by atoms with van der Waals surface area (Å²) in [6.07, 6.45) is 4.08. The van der Waals surface area contributed by atoms with Crippen LogP contribution in [0.1, 0.15) is 24.1 Å². The van der Waals surface area contributed by atoms with Gasteiger partial charge in [-0.2, -0.15) is 0 Å². The molecule has 1 fully saturated rings. The van der Waals surface area contributed by atoms with E-state index in [1.165, 1.54) is 35.2 Å². The van der Waals surface area contributed by atoms with Gasteiger partial charge < -0.3 is 15.1 Å². The molecular weight excluding hydrogens is 334 g/mol. The van der Waals surface area contributed by atoms with E-state index in [2.05, 4.69) is 63.6 Å². The van der Waals surface area contributed by atoms with Crippen molar-refractivity contribution in [3.63, 3.8) is 0 Å². The Morgan fingerprint density at radius 1 is 1.35 bits per heavy atom. The van der Waals surface area contributed by atoms with Gasteiger partial charge >= 0.3 is 0 Å². The summed E-state index contributed by atoms with van der Waals surface area (Å²) in [7, 11) is 6.69. The molecule has 20 heavy (non-hydrogen) atoms. The van der Waals surface area contributed by atoms with E-state index in [9.17, 15) is 0 Å². The Labute approximate surface area is 135 Å². The summed E-state index contributed by atoms with van der Waals surface area (Å²) in [4.78, 5) is 6.28. The summed E-state index contributed by atoms with van der Waals surface area (Å²) in [5.74, 6) is 0. The van der Waals surface area contributed by atoms with Crippen molar-refractivity contribution >= 4 is 27.3 Å². The molecule has 0 unspecified atom stereocenters. The molecule has 1 N–H and O–H groups in total. The van der Waals surface area contributed by atoms with E-state index in [0.29, 0.717) is 5.54 Å². The van der Waals surface area contributed by atoms with Crippen LogP contribution in [0.3, 0.4) is 0 Å². The molecule has 0 aliphatic heterocycles. The van der Waals surface area contributed by atoms with Crippen LogP contribution in [0.4, 0.5) is 0 Å². The van der Waals surface area contributed by atoms with Gasteiger partial charge in [0.2, 0.25) is 0 Å². The van der Waals surface area contributed by atoms with Gasteiger partial charge in [-0.25, -0.2) is 0 Å². The molecule has 0 atom stereocenters. The van der Waals surface area contributed by atoms with Gasteiger partial charge in [0.25, 0.3) is 0 Å². The zero-order valence-electron chi connectivity index (χ0n) is 12.8. The van der Waals surface area contributed by atoms with Crippen LogP contribution >= 0.6 is 27.3 Å². The zero-order chi connectivity index (χ0) is 14.6. The lowest BCUT2D eigenvalue weighted by molar-refractivity contribution is 0.0282. The molecule has 2 rings (SSSR count). The Kier molecular flexibility index (Phi) is 6.05. The predicted octanol–water partition coefficient (Wildman–Crippen LogP) is 3.02. The number of nitrogens with one attached hydrogen (secondary N) is 1. The molecule has 0 saturated heterocycles. The first-order chi connectivity index (χ1) is 9.52. The molecule has 0 bridgehead atoms. The van der Waals surface area contributed by atoms with Crippen LogP contribution in [-0.4, -0.2) is 56.1 Å². The van der Waals surface area contributed by atoms with Crippen LogP contribution in [-0.2, 0) is 6.54 Å². The van der Waals surface area contributed by atoms with Crippen LogP contribution in [0.15, 0.2) is 15.9 Å². The third-order valence-corrected chi connectivity index (χ3v) is 6.09. The molecule has 1 aliphatic rings. The van der Waals surface area contributed by atoms with E-state index in [4.69, 9.17) is 0 Å². The molecule has 0 amide bonds. The third kappa shape index (κ3) is 4.28. The van der Waals surface area contributed by atoms with E-state index >= 15 is 0 Å². The average molecular weight is 360 g/mol. The molecule has 1 aromatic heterocycles. The van der Waals surface area contributed by atoms with Crippen molar-refractivity contribution in [2.45, 2.75) is 31.3 Å². The lowest BCUT2D eigenvalue weighted by Crippen LogP contribution is -2.57. The van der Waals surface area contributed by atoms with Crippen LogP contribution in [0.25, 0.3) is 0 Å². The topological polar surface area (TPSA) is 18.5 Å². The Morgan fingerprint density at radius 2 is 2.10 bits per heavy atom. The Balaban J connectivity index is 1.64. The van der Waals surface area contributed by atoms with Crippen molar-refractivity contribution in [3.05, 3.63) is 20.8 Å². The maximum Gasteiger partial charge on any atom is 0.0330 e. The molecule has 1 saturated carbocycles. The Hall–Kier alpha value is 0.0600. The first-order valence-corrected chi connectivity index (χ1v) is 8.99. The molecule has 0 spiro atoms. The van der Waals surface area contributed by atoms with Crippen LogP contribution in [0.5, 0.6) is 0 Å². The number of halogens is 1. The second-order valence-corrected chi connectivity index (χ2v) is 8.03. The van der Waals surface area contributed by atoms with Crippen LogP contribution in [0.2, 0.25) is 0 Å². The summed E-state index contributed by atoms with van der Waals surface area (Å²) in [6, 6.07) is 2.19. The Bertz CT molecular complexity index is 415. The van der Waals surface area contributed by atoms with E-state index in [1.54, 1.807) is 11.3 Å². The van der Waals surface area contributed by atoms with Crippen LogP contribution < -0.4 is 5.32 Å². The first-order valence-electron chi connectivity index (χ1n) is 7.31. The first kappa shape index (κ1) is 16.4. The summed E-state index contributed by atoms with van der Waals surface area (Å²) in [5.41, 5.74) is 0.438. The van der Waals surface area contributed by atoms with Crippen molar-refractivity contribution in [3.8, 4) is 0 Å². The number of hydrogen-bond acceptors (Lipinski definition) is 4. The van der Waals surface area contributed by atoms with Gasteiger partial charge in [0.05, 0.1) is 0 Å². The van der Waals surface area contributed by atoms with Crippen molar-refractivity contribution in [1.82, 2.24) is 15.1 Å². The van der Waals surface area contributed by atoms with Crippen molar-refractivity contribution in [2.24, 2.45) is 0 Å². The van der Waals surface area contributed by atoms with Gasteiger partial charge in [-0.1, -0.05) is 0 Å². The number of nitrogens with zero attached hydrogens (tertiary/aromatic N) is 2. The van der Waals surface area contributed by atoms with E-state index in [0.717, 1.165) is 19.6 Å². The molecule has 3 nitrogen and oxygen atoms in total. The minimum atomic E-state index is 0.438. The maximum atomic E-state index is 3.53. The molecule has 0 aromatic carbocycles. The predicted molar refractivity (Wildman–Crippen MR) is 91.5 cm³/mol. The fourth-order valence-electron chi connectivity index (χ4n) is 2.84. The van der Waals surface area contributed by atoms with Gasteiger partial charge in [-0.3, -0.25) is 0 Å². The number of rotatable bonds is 8. The molecule has 1 aromatic rings. The number of hydrogen-bond donors (Lipinski definition) is 1. The zero-order valence-corrected chi connectivity index (χ0v) is 15.2. The lowest BCUT2D eigenvalue weighted by atomic mass is 9.75. The van der Waals surface area contributed by atoms with Crippen molar-refractivity contribution < 1.29 is 0 Å². The van der Waals surface area contributed by atoms with E-state index in [-0.39, 0.29) is 0 Å². The number of likely N-dealkylation sites (N-methyl/N-ethyl adjacent to an activating group) is 2. The van der Waals surface area contributed by atoms with Gasteiger partial charge in [-0.05, 0) is 62.4 Å². The highest BCUT2D eigenvalue weighted by molar-refractivity contribution is 9.10. The standard InChI is InChI=1S/C15H26BrN3S/c1-18(2)15(5-4-6-15)12-19(3)8-7-17-10-14-9-13(16)11-20-14/h9,11,17H,4-8,10,12H2,1-3H3. The molecule has 1 aliphatic carbocycles. The quantitative estimate of drug-likeness (QED) is 0.719. The van der Waals surface area contributed by atoms with Gasteiger partial charge in [-0.15, -0.1) is 11.3 Å². The molecule has 5 heteroatoms. The third-order valence-electron chi connectivity index (χ3n) is 4.39. The summed E-state index contributed by atoms with van der Waals surface area (Å²) >= 11 is 5.30. The normalized spacial score (nSPS) is 17.7. The second kappa shape index (κ2) is 7.36.